The largest absolute Gasteiger partial charge is 0.480 e. The first-order chi connectivity index (χ1) is 11.3. The summed E-state index contributed by atoms with van der Waals surface area (Å²) in [5.41, 5.74) is 3.69. The Hall–Kier alpha value is -2.08. The molecule has 1 aromatic rings. The van der Waals surface area contributed by atoms with Crippen molar-refractivity contribution in [2.75, 3.05) is 6.61 Å². The molecule has 0 saturated carbocycles. The fraction of sp³-hybridized carbons (Fsp3) is 0.615. The number of aliphatic carboxylic acids is 1. The van der Waals surface area contributed by atoms with Gasteiger partial charge >= 0.3 is 11.7 Å². The van der Waals surface area contributed by atoms with Crippen LogP contribution in [0.4, 0.5) is 4.39 Å². The van der Waals surface area contributed by atoms with Gasteiger partial charge in [-0.25, -0.2) is 9.18 Å². The van der Waals surface area contributed by atoms with E-state index in [0.29, 0.717) is 4.57 Å². The SMILES string of the molecule is NC(CCn1c(=O)ccn([C@@H]2O[C@H](CO)C(O)[C@@H]2F)c1=O)C(=O)O. The topological polar surface area (TPSA) is 157 Å². The zero-order valence-corrected chi connectivity index (χ0v) is 12.5. The minimum atomic E-state index is -1.98. The van der Waals surface area contributed by atoms with Gasteiger partial charge in [-0.1, -0.05) is 0 Å². The second-order valence-corrected chi connectivity index (χ2v) is 5.41. The van der Waals surface area contributed by atoms with E-state index in [1.807, 2.05) is 0 Å². The molecule has 5 N–H and O–H groups in total. The molecule has 134 valence electrons. The number of carboxylic acid groups (broad SMARTS) is 1. The standard InChI is InChI=1S/C13H18FN3O7/c14-9-10(20)7(5-18)24-11(9)17-4-2-8(19)16(13(17)23)3-1-6(15)12(21)22/h2,4,6-7,9-11,18,20H,1,3,5,15H2,(H,21,22)/t6?,7-,9+,10?,11-/m1/s1. The average molecular weight is 347 g/mol. The molecule has 0 spiro atoms. The van der Waals surface area contributed by atoms with Crippen LogP contribution in [-0.2, 0) is 16.1 Å². The average Bonchev–Trinajstić information content (AvgIpc) is 2.82. The molecular weight excluding hydrogens is 329 g/mol. The van der Waals surface area contributed by atoms with E-state index < -0.39 is 54.5 Å². The fourth-order valence-electron chi connectivity index (χ4n) is 2.40. The molecule has 2 heterocycles. The summed E-state index contributed by atoms with van der Waals surface area (Å²) in [5, 5.41) is 27.4. The zero-order valence-electron chi connectivity index (χ0n) is 12.5. The van der Waals surface area contributed by atoms with Gasteiger partial charge in [0, 0.05) is 18.8 Å². The molecule has 1 fully saturated rings. The molecule has 0 aromatic carbocycles. The molecule has 0 aliphatic carbocycles. The Morgan fingerprint density at radius 2 is 2.12 bits per heavy atom. The first-order valence-electron chi connectivity index (χ1n) is 7.16. The Kier molecular flexibility index (Phi) is 5.49. The summed E-state index contributed by atoms with van der Waals surface area (Å²) in [7, 11) is 0. The van der Waals surface area contributed by atoms with Crippen molar-refractivity contribution in [2.24, 2.45) is 5.73 Å². The van der Waals surface area contributed by atoms with Crippen LogP contribution in [0.2, 0.25) is 0 Å². The minimum Gasteiger partial charge on any atom is -0.480 e. The Morgan fingerprint density at radius 3 is 2.67 bits per heavy atom. The summed E-state index contributed by atoms with van der Waals surface area (Å²) >= 11 is 0. The molecule has 1 aliphatic heterocycles. The van der Waals surface area contributed by atoms with Crippen LogP contribution in [0, 0.1) is 0 Å². The number of nitrogens with zero attached hydrogens (tertiary/aromatic N) is 2. The molecule has 0 radical (unpaired) electrons. The number of aromatic nitrogens is 2. The molecule has 1 saturated heterocycles. The molecule has 10 nitrogen and oxygen atoms in total. The second kappa shape index (κ2) is 7.21. The van der Waals surface area contributed by atoms with Crippen molar-refractivity contribution in [1.82, 2.24) is 9.13 Å². The van der Waals surface area contributed by atoms with E-state index in [-0.39, 0.29) is 13.0 Å². The molecule has 1 aromatic heterocycles. The predicted molar refractivity (Wildman–Crippen MR) is 77.1 cm³/mol. The van der Waals surface area contributed by atoms with Crippen molar-refractivity contribution in [1.29, 1.82) is 0 Å². The number of aliphatic hydroxyl groups is 2. The Labute approximate surface area is 134 Å². The Bertz CT molecular complexity index is 718. The molecule has 5 atom stereocenters. The number of hydrogen-bond donors (Lipinski definition) is 4. The quantitative estimate of drug-likeness (QED) is 0.436. The van der Waals surface area contributed by atoms with E-state index in [0.717, 1.165) is 16.8 Å². The minimum absolute atomic E-state index is 0.180. The first-order valence-corrected chi connectivity index (χ1v) is 7.16. The van der Waals surface area contributed by atoms with Crippen molar-refractivity contribution in [2.45, 2.75) is 43.6 Å². The van der Waals surface area contributed by atoms with Crippen LogP contribution in [0.25, 0.3) is 0 Å². The van der Waals surface area contributed by atoms with E-state index in [4.69, 9.17) is 20.7 Å². The summed E-state index contributed by atoms with van der Waals surface area (Å²) in [4.78, 5) is 34.8. The molecule has 0 bridgehead atoms. The highest BCUT2D eigenvalue weighted by atomic mass is 19.1. The van der Waals surface area contributed by atoms with Gasteiger partial charge in [0.1, 0.15) is 18.2 Å². The van der Waals surface area contributed by atoms with Crippen LogP contribution in [0.1, 0.15) is 12.6 Å². The molecule has 2 rings (SSSR count). The number of nitrogens with two attached hydrogens (primary N) is 1. The zero-order chi connectivity index (χ0) is 18.0. The normalized spacial score (nSPS) is 28.0. The Morgan fingerprint density at radius 1 is 1.46 bits per heavy atom. The maximum Gasteiger partial charge on any atom is 0.333 e. The van der Waals surface area contributed by atoms with Crippen LogP contribution in [-0.4, -0.2) is 61.5 Å². The summed E-state index contributed by atoms with van der Waals surface area (Å²) in [6.45, 7) is -0.915. The molecule has 0 amide bonds. The van der Waals surface area contributed by atoms with Gasteiger partial charge in [-0.05, 0) is 6.42 Å². The highest BCUT2D eigenvalue weighted by Crippen LogP contribution is 2.30. The number of carbonyl (C=O) groups is 1. The smallest absolute Gasteiger partial charge is 0.333 e. The first kappa shape index (κ1) is 18.3. The number of hydrogen-bond acceptors (Lipinski definition) is 7. The van der Waals surface area contributed by atoms with E-state index in [9.17, 15) is 23.9 Å². The number of aliphatic hydroxyl groups excluding tert-OH is 2. The molecule has 11 heteroatoms. The monoisotopic (exact) mass is 347 g/mol. The van der Waals surface area contributed by atoms with Gasteiger partial charge in [0.15, 0.2) is 12.4 Å². The number of halogens is 1. The lowest BCUT2D eigenvalue weighted by Crippen LogP contribution is -2.43. The second-order valence-electron chi connectivity index (χ2n) is 5.41. The van der Waals surface area contributed by atoms with Crippen LogP contribution >= 0.6 is 0 Å². The summed E-state index contributed by atoms with van der Waals surface area (Å²) in [5.74, 6) is -1.28. The van der Waals surface area contributed by atoms with E-state index in [2.05, 4.69) is 0 Å². The maximum absolute atomic E-state index is 14.1. The van der Waals surface area contributed by atoms with Gasteiger partial charge in [0.05, 0.1) is 6.61 Å². The molecular formula is C13H18FN3O7. The van der Waals surface area contributed by atoms with Gasteiger partial charge in [-0.2, -0.15) is 0 Å². The summed E-state index contributed by atoms with van der Waals surface area (Å²) in [6.07, 6.45) is -5.47. The molecule has 2 unspecified atom stereocenters. The lowest BCUT2D eigenvalue weighted by molar-refractivity contribution is -0.138. The fourth-order valence-corrected chi connectivity index (χ4v) is 2.40. The van der Waals surface area contributed by atoms with E-state index in [1.165, 1.54) is 0 Å². The molecule has 24 heavy (non-hydrogen) atoms. The highest BCUT2D eigenvalue weighted by Gasteiger charge is 2.45. The third-order valence-electron chi connectivity index (χ3n) is 3.82. The lowest BCUT2D eigenvalue weighted by Gasteiger charge is -2.17. The number of ether oxygens (including phenoxy) is 1. The summed E-state index contributed by atoms with van der Waals surface area (Å²) in [6, 6.07) is -0.273. The number of carboxylic acids is 1. The number of rotatable bonds is 6. The van der Waals surface area contributed by atoms with Crippen LogP contribution in [0.3, 0.4) is 0 Å². The van der Waals surface area contributed by atoms with Crippen molar-refractivity contribution in [3.63, 3.8) is 0 Å². The van der Waals surface area contributed by atoms with E-state index >= 15 is 0 Å². The molecule has 1 aliphatic rings. The van der Waals surface area contributed by atoms with Gasteiger partial charge in [0.25, 0.3) is 5.56 Å². The van der Waals surface area contributed by atoms with E-state index in [1.54, 1.807) is 0 Å². The number of alkyl halides is 1. The predicted octanol–water partition coefficient (Wildman–Crippen LogP) is -2.60. The van der Waals surface area contributed by atoms with Crippen molar-refractivity contribution >= 4 is 5.97 Å². The van der Waals surface area contributed by atoms with Crippen molar-refractivity contribution < 1.29 is 29.2 Å². The lowest BCUT2D eigenvalue weighted by atomic mass is 10.1. The van der Waals surface area contributed by atoms with Crippen LogP contribution in [0.15, 0.2) is 21.9 Å². The van der Waals surface area contributed by atoms with Gasteiger partial charge in [0.2, 0.25) is 0 Å². The van der Waals surface area contributed by atoms with Gasteiger partial charge in [-0.3, -0.25) is 18.7 Å². The van der Waals surface area contributed by atoms with Gasteiger partial charge < -0.3 is 25.8 Å². The third kappa shape index (κ3) is 3.38. The van der Waals surface area contributed by atoms with Crippen LogP contribution < -0.4 is 17.0 Å². The Balaban J connectivity index is 2.30. The third-order valence-corrected chi connectivity index (χ3v) is 3.82. The summed E-state index contributed by atoms with van der Waals surface area (Å²) < 4.78 is 20.7. The van der Waals surface area contributed by atoms with Crippen molar-refractivity contribution in [3.8, 4) is 0 Å². The highest BCUT2D eigenvalue weighted by molar-refractivity contribution is 5.72. The van der Waals surface area contributed by atoms with Gasteiger partial charge in [-0.15, -0.1) is 0 Å². The maximum atomic E-state index is 14.1. The van der Waals surface area contributed by atoms with Crippen molar-refractivity contribution in [3.05, 3.63) is 33.1 Å². The van der Waals surface area contributed by atoms with Crippen LogP contribution in [0.5, 0.6) is 0 Å².